The molecule has 0 aliphatic heterocycles. The van der Waals surface area contributed by atoms with E-state index < -0.39 is 10.0 Å². The molecule has 108 valence electrons. The van der Waals surface area contributed by atoms with Gasteiger partial charge in [-0.1, -0.05) is 35.2 Å². The van der Waals surface area contributed by atoms with Crippen LogP contribution in [-0.2, 0) is 28.0 Å². The minimum absolute atomic E-state index is 0.0371. The highest BCUT2D eigenvalue weighted by molar-refractivity contribution is 7.89. The SMILES string of the molecule is CCn1cc(S(=O)(=O)NOCc2ccccc2)nc1C. The van der Waals surface area contributed by atoms with Gasteiger partial charge < -0.3 is 4.57 Å². The molecule has 1 heterocycles. The molecule has 20 heavy (non-hydrogen) atoms. The Morgan fingerprint density at radius 3 is 2.60 bits per heavy atom. The molecule has 1 aromatic heterocycles. The summed E-state index contributed by atoms with van der Waals surface area (Å²) in [5.74, 6) is 0.649. The van der Waals surface area contributed by atoms with Gasteiger partial charge in [-0.05, 0) is 19.4 Å². The van der Waals surface area contributed by atoms with Crippen LogP contribution in [0.1, 0.15) is 18.3 Å². The van der Waals surface area contributed by atoms with Crippen molar-refractivity contribution in [2.45, 2.75) is 32.0 Å². The Morgan fingerprint density at radius 1 is 1.30 bits per heavy atom. The largest absolute Gasteiger partial charge is 0.334 e. The third kappa shape index (κ3) is 3.44. The lowest BCUT2D eigenvalue weighted by Gasteiger charge is -2.05. The van der Waals surface area contributed by atoms with E-state index in [2.05, 4.69) is 9.87 Å². The molecule has 6 nitrogen and oxygen atoms in total. The summed E-state index contributed by atoms with van der Waals surface area (Å²) in [6.45, 7) is 4.50. The molecule has 0 aliphatic carbocycles. The smallest absolute Gasteiger partial charge is 0.281 e. The van der Waals surface area contributed by atoms with E-state index in [1.54, 1.807) is 11.5 Å². The Morgan fingerprint density at radius 2 is 2.00 bits per heavy atom. The van der Waals surface area contributed by atoms with E-state index in [9.17, 15) is 8.42 Å². The van der Waals surface area contributed by atoms with Crippen molar-refractivity contribution < 1.29 is 13.3 Å². The molecule has 0 saturated heterocycles. The molecule has 1 aromatic carbocycles. The Bertz CT molecular complexity index is 665. The minimum Gasteiger partial charge on any atom is -0.334 e. The Hall–Kier alpha value is -1.70. The van der Waals surface area contributed by atoms with Crippen LogP contribution in [0.15, 0.2) is 41.6 Å². The molecule has 0 bridgehead atoms. The second-order valence-corrected chi connectivity index (χ2v) is 5.87. The first-order valence-corrected chi connectivity index (χ1v) is 7.72. The summed E-state index contributed by atoms with van der Waals surface area (Å²) < 4.78 is 25.7. The van der Waals surface area contributed by atoms with Gasteiger partial charge >= 0.3 is 0 Å². The zero-order chi connectivity index (χ0) is 14.6. The zero-order valence-corrected chi connectivity index (χ0v) is 12.2. The Kier molecular flexibility index (Phi) is 4.53. The quantitative estimate of drug-likeness (QED) is 0.822. The lowest BCUT2D eigenvalue weighted by atomic mass is 10.2. The maximum atomic E-state index is 12.0. The van der Waals surface area contributed by atoms with Crippen LogP contribution in [0.2, 0.25) is 0 Å². The molecule has 7 heteroatoms. The number of benzene rings is 1. The van der Waals surface area contributed by atoms with Crippen LogP contribution in [-0.4, -0.2) is 18.0 Å². The second-order valence-electron chi connectivity index (χ2n) is 4.27. The van der Waals surface area contributed by atoms with E-state index in [0.717, 1.165) is 5.56 Å². The maximum absolute atomic E-state index is 12.0. The number of imidazole rings is 1. The van der Waals surface area contributed by atoms with Crippen LogP contribution >= 0.6 is 0 Å². The first kappa shape index (κ1) is 14.7. The van der Waals surface area contributed by atoms with E-state index in [1.807, 2.05) is 37.3 Å². The maximum Gasteiger partial charge on any atom is 0.281 e. The van der Waals surface area contributed by atoms with Crippen molar-refractivity contribution in [3.63, 3.8) is 0 Å². The van der Waals surface area contributed by atoms with Gasteiger partial charge in [0.2, 0.25) is 0 Å². The minimum atomic E-state index is -3.75. The predicted octanol–water partition coefficient (Wildman–Crippen LogP) is 1.62. The van der Waals surface area contributed by atoms with Gasteiger partial charge in [0.05, 0.1) is 6.61 Å². The molecule has 0 atom stereocenters. The molecule has 0 aliphatic rings. The van der Waals surface area contributed by atoms with E-state index in [1.165, 1.54) is 6.20 Å². The zero-order valence-electron chi connectivity index (χ0n) is 11.4. The van der Waals surface area contributed by atoms with E-state index in [-0.39, 0.29) is 11.6 Å². The molecule has 0 amide bonds. The highest BCUT2D eigenvalue weighted by Crippen LogP contribution is 2.09. The molecule has 2 aromatic rings. The summed E-state index contributed by atoms with van der Waals surface area (Å²) >= 11 is 0. The van der Waals surface area contributed by atoms with Crippen molar-refractivity contribution in [1.82, 2.24) is 14.4 Å². The fourth-order valence-corrected chi connectivity index (χ4v) is 2.55. The molecule has 0 spiro atoms. The highest BCUT2D eigenvalue weighted by Gasteiger charge is 2.19. The number of rotatable bonds is 6. The van der Waals surface area contributed by atoms with Crippen LogP contribution in [0.25, 0.3) is 0 Å². The number of sulfonamides is 1. The molecule has 2 rings (SSSR count). The first-order valence-electron chi connectivity index (χ1n) is 6.24. The standard InChI is InChI=1S/C13H17N3O3S/c1-3-16-9-13(14-11(16)2)20(17,18)15-19-10-12-7-5-4-6-8-12/h4-9,15H,3,10H2,1-2H3. The summed E-state index contributed by atoms with van der Waals surface area (Å²) in [4.78, 5) is 11.1. The third-order valence-corrected chi connectivity index (χ3v) is 3.90. The van der Waals surface area contributed by atoms with Gasteiger partial charge in [-0.25, -0.2) is 13.4 Å². The van der Waals surface area contributed by atoms with Crippen LogP contribution in [0.4, 0.5) is 0 Å². The van der Waals surface area contributed by atoms with Crippen molar-refractivity contribution in [2.24, 2.45) is 0 Å². The van der Waals surface area contributed by atoms with Crippen molar-refractivity contribution in [2.75, 3.05) is 0 Å². The predicted molar refractivity (Wildman–Crippen MR) is 74.2 cm³/mol. The molecular formula is C13H17N3O3S. The van der Waals surface area contributed by atoms with Crippen LogP contribution < -0.4 is 4.89 Å². The van der Waals surface area contributed by atoms with Crippen LogP contribution in [0.5, 0.6) is 0 Å². The number of aromatic nitrogens is 2. The van der Waals surface area contributed by atoms with Crippen molar-refractivity contribution >= 4 is 10.0 Å². The lowest BCUT2D eigenvalue weighted by Crippen LogP contribution is -2.24. The number of aryl methyl sites for hydroxylation is 2. The molecule has 1 N–H and O–H groups in total. The van der Waals surface area contributed by atoms with E-state index >= 15 is 0 Å². The number of hydrogen-bond donors (Lipinski definition) is 1. The lowest BCUT2D eigenvalue weighted by molar-refractivity contribution is 0.0793. The van der Waals surface area contributed by atoms with Gasteiger partial charge in [0, 0.05) is 12.7 Å². The average Bonchev–Trinajstić information content (AvgIpc) is 2.82. The molecule has 0 saturated carbocycles. The summed E-state index contributed by atoms with van der Waals surface area (Å²) in [6.07, 6.45) is 1.49. The van der Waals surface area contributed by atoms with Crippen molar-refractivity contribution in [3.05, 3.63) is 47.9 Å². The van der Waals surface area contributed by atoms with E-state index in [0.29, 0.717) is 12.4 Å². The number of hydrogen-bond acceptors (Lipinski definition) is 4. The van der Waals surface area contributed by atoms with Crippen LogP contribution in [0.3, 0.4) is 0 Å². The summed E-state index contributed by atoms with van der Waals surface area (Å²) in [6, 6.07) is 9.31. The summed E-state index contributed by atoms with van der Waals surface area (Å²) in [5, 5.41) is -0.0371. The average molecular weight is 295 g/mol. The normalized spacial score (nSPS) is 11.7. The summed E-state index contributed by atoms with van der Waals surface area (Å²) in [5.41, 5.74) is 0.880. The fourth-order valence-electron chi connectivity index (χ4n) is 1.74. The van der Waals surface area contributed by atoms with Gasteiger partial charge in [-0.3, -0.25) is 4.84 Å². The molecule has 0 unspecified atom stereocenters. The van der Waals surface area contributed by atoms with Gasteiger partial charge in [0.25, 0.3) is 10.0 Å². The van der Waals surface area contributed by atoms with Gasteiger partial charge in [-0.15, -0.1) is 0 Å². The second kappa shape index (κ2) is 6.17. The number of nitrogens with zero attached hydrogens (tertiary/aromatic N) is 2. The van der Waals surface area contributed by atoms with E-state index in [4.69, 9.17) is 4.84 Å². The number of nitrogens with one attached hydrogen (secondary N) is 1. The fraction of sp³-hybridized carbons (Fsp3) is 0.308. The third-order valence-electron chi connectivity index (χ3n) is 2.82. The summed E-state index contributed by atoms with van der Waals surface area (Å²) in [7, 11) is -3.75. The van der Waals surface area contributed by atoms with Gasteiger partial charge in [0.1, 0.15) is 5.82 Å². The monoisotopic (exact) mass is 295 g/mol. The van der Waals surface area contributed by atoms with Crippen LogP contribution in [0, 0.1) is 6.92 Å². The van der Waals surface area contributed by atoms with Gasteiger partial charge in [0.15, 0.2) is 5.03 Å². The van der Waals surface area contributed by atoms with Crippen molar-refractivity contribution in [3.8, 4) is 0 Å². The first-order chi connectivity index (χ1) is 9.53. The van der Waals surface area contributed by atoms with Gasteiger partial charge in [-0.2, -0.15) is 0 Å². The highest BCUT2D eigenvalue weighted by atomic mass is 32.2. The Labute approximate surface area is 118 Å². The van der Waals surface area contributed by atoms with Crippen molar-refractivity contribution in [1.29, 1.82) is 0 Å². The topological polar surface area (TPSA) is 73.2 Å². The molecular weight excluding hydrogens is 278 g/mol. The molecule has 0 fully saturated rings. The Balaban J connectivity index is 2.00. The molecule has 0 radical (unpaired) electrons.